The maximum atomic E-state index is 12.8. The van der Waals surface area contributed by atoms with Crippen LogP contribution < -0.4 is 16.2 Å². The molecular weight excluding hydrogens is 261 g/mol. The molecule has 1 aliphatic rings. The molecule has 2 rings (SSSR count). The lowest BCUT2D eigenvalue weighted by Crippen LogP contribution is -2.43. The topological polar surface area (TPSA) is 78.3 Å². The Kier molecular flexibility index (Phi) is 3.40. The lowest BCUT2D eigenvalue weighted by atomic mass is 9.90. The molecule has 4 nitrogen and oxygen atoms in total. The summed E-state index contributed by atoms with van der Waals surface area (Å²) in [6.45, 7) is 0. The van der Waals surface area contributed by atoms with Crippen LogP contribution in [0.4, 0.5) is 13.2 Å². The third-order valence-electron chi connectivity index (χ3n) is 3.00. The summed E-state index contributed by atoms with van der Waals surface area (Å²) in [6, 6.07) is 3.17. The lowest BCUT2D eigenvalue weighted by molar-refractivity contribution is -0.138. The second-order valence-electron chi connectivity index (χ2n) is 4.54. The number of carbonyl (C=O) groups is 1. The van der Waals surface area contributed by atoms with Gasteiger partial charge in [-0.1, -0.05) is 0 Å². The fourth-order valence-electron chi connectivity index (χ4n) is 1.94. The zero-order chi connectivity index (χ0) is 14.2. The summed E-state index contributed by atoms with van der Waals surface area (Å²) >= 11 is 0. The largest absolute Gasteiger partial charge is 0.490 e. The molecule has 0 unspecified atom stereocenters. The fourth-order valence-corrected chi connectivity index (χ4v) is 1.94. The molecule has 0 aliphatic heterocycles. The van der Waals surface area contributed by atoms with E-state index in [-0.39, 0.29) is 17.9 Å². The van der Waals surface area contributed by atoms with Crippen LogP contribution in [-0.4, -0.2) is 18.1 Å². The minimum Gasteiger partial charge on any atom is -0.490 e. The summed E-state index contributed by atoms with van der Waals surface area (Å²) in [5, 5.41) is 0. The van der Waals surface area contributed by atoms with Crippen LogP contribution in [0.1, 0.15) is 28.8 Å². The van der Waals surface area contributed by atoms with E-state index in [4.69, 9.17) is 16.2 Å². The van der Waals surface area contributed by atoms with Gasteiger partial charge in [0.1, 0.15) is 11.9 Å². The molecule has 104 valence electrons. The van der Waals surface area contributed by atoms with Crippen LogP contribution in [0.2, 0.25) is 0 Å². The summed E-state index contributed by atoms with van der Waals surface area (Å²) in [4.78, 5) is 11.0. The van der Waals surface area contributed by atoms with Gasteiger partial charge in [0, 0.05) is 6.04 Å². The van der Waals surface area contributed by atoms with Crippen LogP contribution in [0.25, 0.3) is 0 Å². The van der Waals surface area contributed by atoms with Crippen molar-refractivity contribution in [1.82, 2.24) is 0 Å². The van der Waals surface area contributed by atoms with Gasteiger partial charge in [-0.25, -0.2) is 0 Å². The van der Waals surface area contributed by atoms with Gasteiger partial charge in [-0.15, -0.1) is 0 Å². The smallest absolute Gasteiger partial charge is 0.417 e. The van der Waals surface area contributed by atoms with E-state index in [2.05, 4.69) is 0 Å². The first-order valence-electron chi connectivity index (χ1n) is 5.70. The van der Waals surface area contributed by atoms with Gasteiger partial charge in [-0.2, -0.15) is 13.2 Å². The van der Waals surface area contributed by atoms with Gasteiger partial charge in [0.05, 0.1) is 11.1 Å². The van der Waals surface area contributed by atoms with Crippen LogP contribution in [0.5, 0.6) is 5.75 Å². The molecule has 0 bridgehead atoms. The Bertz CT molecular complexity index is 496. The monoisotopic (exact) mass is 274 g/mol. The predicted octanol–water partition coefficient (Wildman–Crippen LogP) is 1.67. The maximum absolute atomic E-state index is 12.8. The summed E-state index contributed by atoms with van der Waals surface area (Å²) in [7, 11) is 0. The Balaban J connectivity index is 2.25. The van der Waals surface area contributed by atoms with Crippen molar-refractivity contribution in [1.29, 1.82) is 0 Å². The first-order chi connectivity index (χ1) is 8.77. The minimum absolute atomic E-state index is 0.0389. The van der Waals surface area contributed by atoms with E-state index in [0.717, 1.165) is 12.1 Å². The van der Waals surface area contributed by atoms with Crippen molar-refractivity contribution < 1.29 is 22.7 Å². The molecule has 1 aromatic carbocycles. The molecule has 0 spiro atoms. The summed E-state index contributed by atoms with van der Waals surface area (Å²) in [5.74, 6) is -1.06. The van der Waals surface area contributed by atoms with Gasteiger partial charge in [-0.3, -0.25) is 4.79 Å². The molecular formula is C12H13F3N2O2. The summed E-state index contributed by atoms with van der Waals surface area (Å²) in [5.41, 5.74) is 8.84. The number of primary amides is 1. The van der Waals surface area contributed by atoms with Gasteiger partial charge in [0.2, 0.25) is 5.91 Å². The van der Waals surface area contributed by atoms with E-state index in [1.54, 1.807) is 0 Å². The maximum Gasteiger partial charge on any atom is 0.417 e. The average Bonchev–Trinajstić information content (AvgIpc) is 2.25. The van der Waals surface area contributed by atoms with Crippen LogP contribution in [0, 0.1) is 0 Å². The number of amides is 1. The number of hydrogen-bond donors (Lipinski definition) is 2. The molecule has 7 heteroatoms. The standard InChI is InChI=1S/C12H13F3N2O2/c13-12(14,15)10-5-7(1-2-9(10)11(17)18)19-8-3-6(16)4-8/h1-2,5-6,8H,3-4,16H2,(H2,17,18). The zero-order valence-electron chi connectivity index (χ0n) is 9.91. The molecule has 1 fully saturated rings. The molecule has 19 heavy (non-hydrogen) atoms. The molecule has 0 radical (unpaired) electrons. The van der Waals surface area contributed by atoms with Crippen molar-refractivity contribution >= 4 is 5.91 Å². The number of alkyl halides is 3. The third kappa shape index (κ3) is 2.98. The first kappa shape index (κ1) is 13.7. The van der Waals surface area contributed by atoms with E-state index in [0.29, 0.717) is 12.8 Å². The molecule has 1 aromatic rings. The number of benzene rings is 1. The van der Waals surface area contributed by atoms with Crippen LogP contribution in [-0.2, 0) is 6.18 Å². The molecule has 1 aliphatic carbocycles. The van der Waals surface area contributed by atoms with Crippen molar-refractivity contribution in [2.45, 2.75) is 31.2 Å². The van der Waals surface area contributed by atoms with Gasteiger partial charge >= 0.3 is 6.18 Å². The highest BCUT2D eigenvalue weighted by atomic mass is 19.4. The Labute approximate surface area is 107 Å². The summed E-state index contributed by atoms with van der Waals surface area (Å²) < 4.78 is 43.8. The highest BCUT2D eigenvalue weighted by Gasteiger charge is 2.36. The molecule has 0 heterocycles. The van der Waals surface area contributed by atoms with Crippen molar-refractivity contribution in [3.05, 3.63) is 29.3 Å². The summed E-state index contributed by atoms with van der Waals surface area (Å²) in [6.07, 6.45) is -3.60. The molecule has 1 amide bonds. The third-order valence-corrected chi connectivity index (χ3v) is 3.00. The minimum atomic E-state index is -4.65. The predicted molar refractivity (Wildman–Crippen MR) is 61.6 cm³/mol. The number of hydrogen-bond acceptors (Lipinski definition) is 3. The Morgan fingerprint density at radius 2 is 1.95 bits per heavy atom. The van der Waals surface area contributed by atoms with E-state index in [1.165, 1.54) is 6.07 Å². The van der Waals surface area contributed by atoms with E-state index in [9.17, 15) is 18.0 Å². The highest BCUT2D eigenvalue weighted by Crippen LogP contribution is 2.35. The second-order valence-corrected chi connectivity index (χ2v) is 4.54. The molecule has 0 saturated heterocycles. The van der Waals surface area contributed by atoms with Gasteiger partial charge in [0.25, 0.3) is 0 Å². The van der Waals surface area contributed by atoms with Crippen LogP contribution in [0.3, 0.4) is 0 Å². The normalized spacial score (nSPS) is 22.7. The molecule has 1 saturated carbocycles. The Morgan fingerprint density at radius 3 is 2.42 bits per heavy atom. The van der Waals surface area contributed by atoms with Crippen LogP contribution >= 0.6 is 0 Å². The highest BCUT2D eigenvalue weighted by molar-refractivity contribution is 5.94. The Hall–Kier alpha value is -1.76. The first-order valence-corrected chi connectivity index (χ1v) is 5.70. The van der Waals surface area contributed by atoms with E-state index >= 15 is 0 Å². The van der Waals surface area contributed by atoms with Gasteiger partial charge < -0.3 is 16.2 Å². The van der Waals surface area contributed by atoms with Gasteiger partial charge in [0.15, 0.2) is 0 Å². The van der Waals surface area contributed by atoms with Gasteiger partial charge in [-0.05, 0) is 31.0 Å². The van der Waals surface area contributed by atoms with Crippen molar-refractivity contribution in [3.8, 4) is 5.75 Å². The Morgan fingerprint density at radius 1 is 1.32 bits per heavy atom. The SMILES string of the molecule is NC(=O)c1ccc(OC2CC(N)C2)cc1C(F)(F)F. The zero-order valence-corrected chi connectivity index (χ0v) is 9.91. The second kappa shape index (κ2) is 4.73. The number of rotatable bonds is 3. The molecule has 0 aromatic heterocycles. The quantitative estimate of drug-likeness (QED) is 0.880. The lowest BCUT2D eigenvalue weighted by Gasteiger charge is -2.32. The number of carbonyl (C=O) groups excluding carboxylic acids is 1. The number of nitrogens with two attached hydrogens (primary N) is 2. The van der Waals surface area contributed by atoms with Crippen molar-refractivity contribution in [3.63, 3.8) is 0 Å². The van der Waals surface area contributed by atoms with Crippen LogP contribution in [0.15, 0.2) is 18.2 Å². The fraction of sp³-hybridized carbons (Fsp3) is 0.417. The van der Waals surface area contributed by atoms with E-state index < -0.39 is 23.2 Å². The molecule has 0 atom stereocenters. The molecule has 4 N–H and O–H groups in total. The average molecular weight is 274 g/mol. The van der Waals surface area contributed by atoms with E-state index in [1.807, 2.05) is 0 Å². The van der Waals surface area contributed by atoms with Crippen molar-refractivity contribution in [2.24, 2.45) is 11.5 Å². The van der Waals surface area contributed by atoms with Crippen molar-refractivity contribution in [2.75, 3.05) is 0 Å². The number of halogens is 3. The number of ether oxygens (including phenoxy) is 1.